The van der Waals surface area contributed by atoms with Gasteiger partial charge in [0, 0.05) is 26.4 Å². The second-order valence-corrected chi connectivity index (χ2v) is 6.75. The lowest BCUT2D eigenvalue weighted by Gasteiger charge is -2.08. The average molecular weight is 362 g/mol. The summed E-state index contributed by atoms with van der Waals surface area (Å²) in [5.41, 5.74) is 0.561. The number of nitrogens with zero attached hydrogens (tertiary/aromatic N) is 4. The molecule has 0 radical (unpaired) electrons. The van der Waals surface area contributed by atoms with Crippen LogP contribution in [0.2, 0.25) is 0 Å². The van der Waals surface area contributed by atoms with Crippen molar-refractivity contribution in [2.75, 3.05) is 0 Å². The highest BCUT2D eigenvalue weighted by Gasteiger charge is 2.19. The molecule has 0 aliphatic rings. The second-order valence-electron chi connectivity index (χ2n) is 5.80. The van der Waals surface area contributed by atoms with Crippen LogP contribution in [0.1, 0.15) is 18.9 Å². The van der Waals surface area contributed by atoms with E-state index in [1.54, 1.807) is 25.2 Å². The summed E-state index contributed by atoms with van der Waals surface area (Å²) in [7, 11) is 3.05. The van der Waals surface area contributed by atoms with Gasteiger partial charge in [-0.25, -0.2) is 14.2 Å². The molecule has 2 aromatic heterocycles. The molecule has 3 rings (SSSR count). The Labute approximate surface area is 147 Å². The number of imidazole rings is 1. The molecule has 0 amide bonds. The van der Waals surface area contributed by atoms with E-state index in [0.717, 1.165) is 11.0 Å². The summed E-state index contributed by atoms with van der Waals surface area (Å²) in [6, 6.07) is 6.58. The van der Waals surface area contributed by atoms with Gasteiger partial charge in [-0.2, -0.15) is 0 Å². The minimum Gasteiger partial charge on any atom is -0.313 e. The fourth-order valence-corrected chi connectivity index (χ4v) is 3.73. The van der Waals surface area contributed by atoms with E-state index in [2.05, 4.69) is 4.98 Å². The molecule has 0 bridgehead atoms. The highest BCUT2D eigenvalue weighted by Crippen LogP contribution is 2.26. The predicted molar refractivity (Wildman–Crippen MR) is 96.5 cm³/mol. The van der Waals surface area contributed by atoms with Crippen molar-refractivity contribution >= 4 is 22.9 Å². The molecular formula is C17H19FN4O2S. The Hall–Kier alpha value is -2.35. The summed E-state index contributed by atoms with van der Waals surface area (Å²) in [5.74, 6) is 0.130. The normalized spacial score (nSPS) is 11.4. The van der Waals surface area contributed by atoms with E-state index >= 15 is 0 Å². The zero-order chi connectivity index (χ0) is 18.1. The van der Waals surface area contributed by atoms with Gasteiger partial charge in [-0.15, -0.1) is 0 Å². The highest BCUT2D eigenvalue weighted by atomic mass is 32.2. The molecule has 1 aromatic carbocycles. The van der Waals surface area contributed by atoms with Crippen LogP contribution in [-0.2, 0) is 26.4 Å². The minimum absolute atomic E-state index is 0.267. The zero-order valence-corrected chi connectivity index (χ0v) is 15.1. The molecule has 0 fully saturated rings. The number of benzene rings is 1. The van der Waals surface area contributed by atoms with E-state index in [4.69, 9.17) is 0 Å². The first-order valence-corrected chi connectivity index (χ1v) is 8.96. The van der Waals surface area contributed by atoms with Crippen LogP contribution in [0.3, 0.4) is 0 Å². The van der Waals surface area contributed by atoms with Crippen molar-refractivity contribution < 1.29 is 4.39 Å². The first-order chi connectivity index (χ1) is 12.0. The summed E-state index contributed by atoms with van der Waals surface area (Å²) in [6.07, 6.45) is 0.810. The van der Waals surface area contributed by atoms with Crippen LogP contribution in [0.25, 0.3) is 11.2 Å². The topological polar surface area (TPSA) is 61.8 Å². The maximum absolute atomic E-state index is 13.8. The van der Waals surface area contributed by atoms with Crippen molar-refractivity contribution in [3.8, 4) is 0 Å². The Morgan fingerprint density at radius 3 is 2.56 bits per heavy atom. The first-order valence-electron chi connectivity index (χ1n) is 7.98. The summed E-state index contributed by atoms with van der Waals surface area (Å²) < 4.78 is 18.1. The van der Waals surface area contributed by atoms with Gasteiger partial charge in [-0.05, 0) is 18.1 Å². The molecule has 25 heavy (non-hydrogen) atoms. The third-order valence-electron chi connectivity index (χ3n) is 4.07. The molecule has 0 N–H and O–H groups in total. The number of halogens is 1. The van der Waals surface area contributed by atoms with Gasteiger partial charge in [0.2, 0.25) is 0 Å². The molecule has 0 aliphatic heterocycles. The number of hydrogen-bond donors (Lipinski definition) is 0. The van der Waals surface area contributed by atoms with Gasteiger partial charge in [-0.3, -0.25) is 13.9 Å². The molecule has 0 unspecified atom stereocenters. The minimum atomic E-state index is -0.413. The monoisotopic (exact) mass is 362 g/mol. The van der Waals surface area contributed by atoms with Gasteiger partial charge < -0.3 is 4.57 Å². The lowest BCUT2D eigenvalue weighted by Crippen LogP contribution is -2.37. The molecule has 3 aromatic rings. The molecule has 0 atom stereocenters. The van der Waals surface area contributed by atoms with E-state index in [9.17, 15) is 14.0 Å². The fraction of sp³-hybridized carbons (Fsp3) is 0.353. The van der Waals surface area contributed by atoms with Crippen LogP contribution in [0.5, 0.6) is 0 Å². The van der Waals surface area contributed by atoms with Gasteiger partial charge in [0.1, 0.15) is 5.82 Å². The SMILES string of the molecule is CCCn1c(SCc2ccccc2F)nc2c1c(=O)n(C)c(=O)n2C. The lowest BCUT2D eigenvalue weighted by atomic mass is 10.2. The maximum Gasteiger partial charge on any atom is 0.332 e. The van der Waals surface area contributed by atoms with Crippen molar-refractivity contribution in [3.63, 3.8) is 0 Å². The third kappa shape index (κ3) is 3.02. The number of hydrogen-bond acceptors (Lipinski definition) is 4. The average Bonchev–Trinajstić information content (AvgIpc) is 2.96. The molecule has 0 saturated heterocycles. The van der Waals surface area contributed by atoms with Crippen LogP contribution in [0.4, 0.5) is 4.39 Å². The standard InChI is InChI=1S/C17H19FN4O2S/c1-4-9-22-13-14(20(2)17(24)21(3)15(13)23)19-16(22)25-10-11-7-5-6-8-12(11)18/h5-8H,4,9-10H2,1-3H3. The molecular weight excluding hydrogens is 343 g/mol. The summed E-state index contributed by atoms with van der Waals surface area (Å²) >= 11 is 1.36. The Bertz CT molecular complexity index is 1050. The lowest BCUT2D eigenvalue weighted by molar-refractivity contribution is 0.616. The summed E-state index contributed by atoms with van der Waals surface area (Å²) in [6.45, 7) is 2.60. The van der Waals surface area contributed by atoms with E-state index in [0.29, 0.717) is 34.2 Å². The number of aryl methyl sites for hydroxylation is 2. The number of rotatable bonds is 5. The van der Waals surface area contributed by atoms with E-state index in [1.165, 1.54) is 29.4 Å². The highest BCUT2D eigenvalue weighted by molar-refractivity contribution is 7.98. The Morgan fingerprint density at radius 1 is 1.16 bits per heavy atom. The van der Waals surface area contributed by atoms with Gasteiger partial charge in [0.25, 0.3) is 5.56 Å². The van der Waals surface area contributed by atoms with Crippen LogP contribution < -0.4 is 11.2 Å². The number of thioether (sulfide) groups is 1. The number of fused-ring (bicyclic) bond motifs is 1. The molecule has 2 heterocycles. The molecule has 8 heteroatoms. The largest absolute Gasteiger partial charge is 0.332 e. The van der Waals surface area contributed by atoms with E-state index < -0.39 is 5.69 Å². The third-order valence-corrected chi connectivity index (χ3v) is 5.10. The van der Waals surface area contributed by atoms with Gasteiger partial charge >= 0.3 is 5.69 Å². The van der Waals surface area contributed by atoms with Crippen LogP contribution in [-0.4, -0.2) is 18.7 Å². The predicted octanol–water partition coefficient (Wildman–Crippen LogP) is 2.28. The molecule has 0 saturated carbocycles. The Kier molecular flexibility index (Phi) is 4.80. The maximum atomic E-state index is 13.8. The Balaban J connectivity index is 2.12. The molecule has 0 aliphatic carbocycles. The first kappa shape index (κ1) is 17.5. The van der Waals surface area contributed by atoms with Gasteiger partial charge in [0.05, 0.1) is 0 Å². The molecule has 6 nitrogen and oxygen atoms in total. The quantitative estimate of drug-likeness (QED) is 0.653. The zero-order valence-electron chi connectivity index (χ0n) is 14.3. The van der Waals surface area contributed by atoms with E-state index in [-0.39, 0.29) is 11.4 Å². The van der Waals surface area contributed by atoms with Crippen molar-refractivity contribution in [3.05, 3.63) is 56.5 Å². The molecule has 0 spiro atoms. The van der Waals surface area contributed by atoms with Gasteiger partial charge in [-0.1, -0.05) is 36.9 Å². The van der Waals surface area contributed by atoms with Crippen molar-refractivity contribution in [2.24, 2.45) is 14.1 Å². The smallest absolute Gasteiger partial charge is 0.313 e. The van der Waals surface area contributed by atoms with Gasteiger partial charge in [0.15, 0.2) is 16.3 Å². The summed E-state index contributed by atoms with van der Waals surface area (Å²) in [4.78, 5) is 29.2. The van der Waals surface area contributed by atoms with Crippen molar-refractivity contribution in [1.82, 2.24) is 18.7 Å². The van der Waals surface area contributed by atoms with E-state index in [1.807, 2.05) is 11.5 Å². The second kappa shape index (κ2) is 6.87. The van der Waals surface area contributed by atoms with Crippen molar-refractivity contribution in [2.45, 2.75) is 30.8 Å². The van der Waals surface area contributed by atoms with Crippen molar-refractivity contribution in [1.29, 1.82) is 0 Å². The Morgan fingerprint density at radius 2 is 1.88 bits per heavy atom. The number of aromatic nitrogens is 4. The van der Waals surface area contributed by atoms with Crippen LogP contribution >= 0.6 is 11.8 Å². The fourth-order valence-electron chi connectivity index (χ4n) is 2.73. The van der Waals surface area contributed by atoms with Crippen LogP contribution in [0.15, 0.2) is 39.0 Å². The van der Waals surface area contributed by atoms with Crippen LogP contribution in [0, 0.1) is 5.82 Å². The molecule has 132 valence electrons. The summed E-state index contributed by atoms with van der Waals surface area (Å²) in [5, 5.41) is 0.610.